The van der Waals surface area contributed by atoms with Gasteiger partial charge in [-0.05, 0) is 12.8 Å². The maximum atomic E-state index is 11.5. The molecule has 2 aromatic rings. The van der Waals surface area contributed by atoms with Gasteiger partial charge in [-0.2, -0.15) is 0 Å². The Labute approximate surface area is 120 Å². The number of rotatable bonds is 4. The van der Waals surface area contributed by atoms with E-state index in [9.17, 15) is 4.79 Å². The molecule has 0 aromatic carbocycles. The van der Waals surface area contributed by atoms with Gasteiger partial charge in [-0.1, -0.05) is 5.21 Å². The van der Waals surface area contributed by atoms with Crippen molar-refractivity contribution in [1.82, 2.24) is 30.4 Å². The summed E-state index contributed by atoms with van der Waals surface area (Å²) in [4.78, 5) is 20.1. The van der Waals surface area contributed by atoms with Crippen molar-refractivity contribution in [2.45, 2.75) is 24.8 Å². The fourth-order valence-electron chi connectivity index (χ4n) is 2.42. The number of anilines is 1. The van der Waals surface area contributed by atoms with Gasteiger partial charge in [0.1, 0.15) is 6.33 Å². The van der Waals surface area contributed by atoms with E-state index < -0.39 is 6.04 Å². The number of nitrogens with zero attached hydrogens (tertiary/aromatic N) is 6. The third-order valence-corrected chi connectivity index (χ3v) is 3.66. The Balaban J connectivity index is 1.64. The molecule has 8 heteroatoms. The normalized spacial score (nSPS) is 21.0. The van der Waals surface area contributed by atoms with E-state index in [4.69, 9.17) is 0 Å². The van der Waals surface area contributed by atoms with Crippen LogP contribution in [0.25, 0.3) is 5.70 Å². The quantitative estimate of drug-likeness (QED) is 0.809. The summed E-state index contributed by atoms with van der Waals surface area (Å²) in [5, 5.41) is 9.39. The summed E-state index contributed by atoms with van der Waals surface area (Å²) in [5.74, 6) is 1.21. The summed E-state index contributed by atoms with van der Waals surface area (Å²) in [6, 6.07) is 1.42. The molecule has 0 radical (unpaired) electrons. The Bertz CT molecular complexity index is 692. The SMILES string of the molecule is O=CC1C(n2ccnn2)=CNN1c1cc(C2CC2)ncn1. The molecule has 0 amide bonds. The van der Waals surface area contributed by atoms with Crippen molar-refractivity contribution in [3.63, 3.8) is 0 Å². The monoisotopic (exact) mass is 283 g/mol. The molecule has 1 atom stereocenters. The predicted octanol–water partition coefficient (Wildman–Crippen LogP) is 0.336. The van der Waals surface area contributed by atoms with Gasteiger partial charge in [0.25, 0.3) is 0 Å². The van der Waals surface area contributed by atoms with Crippen LogP contribution < -0.4 is 10.4 Å². The van der Waals surface area contributed by atoms with Crippen LogP contribution in [0.1, 0.15) is 24.5 Å². The van der Waals surface area contributed by atoms with Crippen LogP contribution in [0.5, 0.6) is 0 Å². The first-order chi connectivity index (χ1) is 10.4. The van der Waals surface area contributed by atoms with E-state index in [0.29, 0.717) is 17.4 Å². The fourth-order valence-corrected chi connectivity index (χ4v) is 2.42. The summed E-state index contributed by atoms with van der Waals surface area (Å²) < 4.78 is 1.56. The Hall–Kier alpha value is -2.77. The maximum Gasteiger partial charge on any atom is 0.151 e. The largest absolute Gasteiger partial charge is 0.301 e. The molecular formula is C13H13N7O. The molecule has 1 N–H and O–H groups in total. The number of hydrogen-bond donors (Lipinski definition) is 1. The lowest BCUT2D eigenvalue weighted by molar-refractivity contribution is -0.108. The highest BCUT2D eigenvalue weighted by Crippen LogP contribution is 2.39. The molecular weight excluding hydrogens is 270 g/mol. The second-order valence-corrected chi connectivity index (χ2v) is 5.07. The molecule has 2 aliphatic rings. The lowest BCUT2D eigenvalue weighted by atomic mass is 10.2. The van der Waals surface area contributed by atoms with Crippen molar-refractivity contribution in [1.29, 1.82) is 0 Å². The highest BCUT2D eigenvalue weighted by Gasteiger charge is 2.32. The highest BCUT2D eigenvalue weighted by atomic mass is 16.1. The molecule has 1 saturated carbocycles. The molecule has 0 bridgehead atoms. The van der Waals surface area contributed by atoms with Crippen LogP contribution in [-0.2, 0) is 4.79 Å². The predicted molar refractivity (Wildman–Crippen MR) is 73.8 cm³/mol. The van der Waals surface area contributed by atoms with Crippen LogP contribution >= 0.6 is 0 Å². The average molecular weight is 283 g/mol. The smallest absolute Gasteiger partial charge is 0.151 e. The summed E-state index contributed by atoms with van der Waals surface area (Å²) >= 11 is 0. The lowest BCUT2D eigenvalue weighted by Gasteiger charge is -2.23. The average Bonchev–Trinajstić information content (AvgIpc) is 3.07. The fraction of sp³-hybridized carbons (Fsp3) is 0.308. The van der Waals surface area contributed by atoms with Crippen molar-refractivity contribution in [3.05, 3.63) is 36.7 Å². The van der Waals surface area contributed by atoms with Gasteiger partial charge in [0.15, 0.2) is 18.1 Å². The number of aldehydes is 1. The van der Waals surface area contributed by atoms with Crippen LogP contribution in [0, 0.1) is 0 Å². The molecule has 8 nitrogen and oxygen atoms in total. The summed E-state index contributed by atoms with van der Waals surface area (Å²) in [5.41, 5.74) is 4.79. The van der Waals surface area contributed by atoms with Gasteiger partial charge in [-0.25, -0.2) is 14.6 Å². The van der Waals surface area contributed by atoms with Gasteiger partial charge in [0.2, 0.25) is 0 Å². The van der Waals surface area contributed by atoms with Crippen molar-refractivity contribution >= 4 is 17.8 Å². The molecule has 1 fully saturated rings. The molecule has 4 rings (SSSR count). The van der Waals surface area contributed by atoms with Crippen LogP contribution in [0.15, 0.2) is 31.0 Å². The van der Waals surface area contributed by atoms with Crippen LogP contribution in [0.3, 0.4) is 0 Å². The summed E-state index contributed by atoms with van der Waals surface area (Å²) in [7, 11) is 0. The molecule has 1 unspecified atom stereocenters. The van der Waals surface area contributed by atoms with Crippen molar-refractivity contribution in [2.24, 2.45) is 0 Å². The Kier molecular flexibility index (Phi) is 2.66. The zero-order valence-corrected chi connectivity index (χ0v) is 11.1. The summed E-state index contributed by atoms with van der Waals surface area (Å²) in [6.07, 6.45) is 9.73. The van der Waals surface area contributed by atoms with E-state index in [-0.39, 0.29) is 0 Å². The minimum absolute atomic E-state index is 0.506. The first kappa shape index (κ1) is 12.0. The number of carbonyl (C=O) groups is 1. The third-order valence-electron chi connectivity index (χ3n) is 3.66. The third kappa shape index (κ3) is 2.04. The van der Waals surface area contributed by atoms with E-state index in [0.717, 1.165) is 12.0 Å². The van der Waals surface area contributed by atoms with Crippen LogP contribution in [0.2, 0.25) is 0 Å². The van der Waals surface area contributed by atoms with E-state index in [2.05, 4.69) is 25.7 Å². The first-order valence-electron chi connectivity index (χ1n) is 6.76. The van der Waals surface area contributed by atoms with Gasteiger partial charge in [0.05, 0.1) is 18.1 Å². The number of nitrogens with one attached hydrogen (secondary N) is 1. The molecule has 21 heavy (non-hydrogen) atoms. The number of aromatic nitrogens is 5. The zero-order chi connectivity index (χ0) is 14.2. The van der Waals surface area contributed by atoms with E-state index >= 15 is 0 Å². The molecule has 106 valence electrons. The van der Waals surface area contributed by atoms with E-state index in [1.54, 1.807) is 34.6 Å². The number of hydrazine groups is 1. The topological polar surface area (TPSA) is 88.8 Å². The molecule has 3 heterocycles. The second-order valence-electron chi connectivity index (χ2n) is 5.07. The first-order valence-corrected chi connectivity index (χ1v) is 6.76. The van der Waals surface area contributed by atoms with Gasteiger partial charge in [-0.3, -0.25) is 5.01 Å². The Morgan fingerprint density at radius 2 is 2.24 bits per heavy atom. The Morgan fingerprint density at radius 3 is 2.95 bits per heavy atom. The molecule has 2 aromatic heterocycles. The van der Waals surface area contributed by atoms with Crippen molar-refractivity contribution < 1.29 is 4.79 Å². The van der Waals surface area contributed by atoms with Crippen molar-refractivity contribution in [2.75, 3.05) is 5.01 Å². The van der Waals surface area contributed by atoms with Gasteiger partial charge in [-0.15, -0.1) is 5.10 Å². The zero-order valence-electron chi connectivity index (χ0n) is 11.1. The van der Waals surface area contributed by atoms with Gasteiger partial charge < -0.3 is 10.2 Å². The molecule has 1 aliphatic carbocycles. The van der Waals surface area contributed by atoms with Crippen LogP contribution in [-0.4, -0.2) is 37.3 Å². The standard InChI is InChI=1S/C13H13N7O/c21-7-12-11(19-4-3-16-18-19)6-17-20(12)13-5-10(9-1-2-9)14-8-15-13/h3-9,12,17H,1-2H2. The molecule has 0 saturated heterocycles. The molecule has 1 aliphatic heterocycles. The summed E-state index contributed by atoms with van der Waals surface area (Å²) in [6.45, 7) is 0. The lowest BCUT2D eigenvalue weighted by Crippen LogP contribution is -2.40. The van der Waals surface area contributed by atoms with Gasteiger partial charge >= 0.3 is 0 Å². The van der Waals surface area contributed by atoms with Crippen molar-refractivity contribution in [3.8, 4) is 0 Å². The number of hydrogen-bond acceptors (Lipinski definition) is 7. The second kappa shape index (κ2) is 4.65. The minimum atomic E-state index is -0.506. The van der Waals surface area contributed by atoms with Crippen LogP contribution in [0.4, 0.5) is 5.82 Å². The minimum Gasteiger partial charge on any atom is -0.301 e. The van der Waals surface area contributed by atoms with Gasteiger partial charge in [0, 0.05) is 23.9 Å². The molecule has 0 spiro atoms. The van der Waals surface area contributed by atoms with E-state index in [1.165, 1.54) is 12.8 Å². The number of carbonyl (C=O) groups excluding carboxylic acids is 1. The highest BCUT2D eigenvalue weighted by molar-refractivity contribution is 5.82. The Morgan fingerprint density at radius 1 is 1.33 bits per heavy atom. The van der Waals surface area contributed by atoms with E-state index in [1.807, 2.05) is 6.07 Å². The maximum absolute atomic E-state index is 11.5.